The maximum atomic E-state index is 12.2. The quantitative estimate of drug-likeness (QED) is 0.139. The van der Waals surface area contributed by atoms with Gasteiger partial charge in [0.1, 0.15) is 0 Å². The van der Waals surface area contributed by atoms with Crippen LogP contribution in [0.3, 0.4) is 0 Å². The first-order chi connectivity index (χ1) is 15.0. The molecule has 0 saturated carbocycles. The van der Waals surface area contributed by atoms with Crippen LogP contribution < -0.4 is 0 Å². The molecule has 0 amide bonds. The summed E-state index contributed by atoms with van der Waals surface area (Å²) in [7, 11) is 0. The third-order valence-corrected chi connectivity index (χ3v) is 5.34. The Bertz CT molecular complexity index is 562. The molecule has 0 aromatic rings. The van der Waals surface area contributed by atoms with Crippen molar-refractivity contribution in [2.24, 2.45) is 0 Å². The summed E-state index contributed by atoms with van der Waals surface area (Å²) < 4.78 is 16.4. The summed E-state index contributed by atoms with van der Waals surface area (Å²) in [5, 5.41) is 0. The lowest BCUT2D eigenvalue weighted by Crippen LogP contribution is -2.10. The Balaban J connectivity index is 2.13. The predicted octanol–water partition coefficient (Wildman–Crippen LogP) is 6.11. The van der Waals surface area contributed by atoms with E-state index in [1.165, 1.54) is 31.3 Å². The second-order valence-electron chi connectivity index (χ2n) is 8.50. The molecule has 1 rings (SSSR count). The average molecular weight is 437 g/mol. The van der Waals surface area contributed by atoms with Gasteiger partial charge in [-0.3, -0.25) is 9.59 Å². The van der Waals surface area contributed by atoms with E-state index in [0.717, 1.165) is 44.3 Å². The van der Waals surface area contributed by atoms with Crippen LogP contribution in [0.5, 0.6) is 0 Å². The largest absolute Gasteiger partial charge is 0.463 e. The molecule has 0 unspecified atom stereocenters. The van der Waals surface area contributed by atoms with Crippen LogP contribution >= 0.6 is 0 Å². The highest BCUT2D eigenvalue weighted by molar-refractivity contribution is 5.98. The number of hydrogen-bond donors (Lipinski definition) is 0. The standard InChI is InChI=1S/C26H44O5/c1-4-5-6-9-12-18-29-20-21-30-19-17-23-15-16-25(27)24(23)13-10-7-8-11-14-26(28)31-22(2)3/h7,10,22H,4-6,8-9,11-21H2,1-3H3. The minimum atomic E-state index is -0.142. The van der Waals surface area contributed by atoms with Crippen molar-refractivity contribution in [2.45, 2.75) is 104 Å². The summed E-state index contributed by atoms with van der Waals surface area (Å²) in [4.78, 5) is 23.7. The third kappa shape index (κ3) is 14.3. The molecule has 0 saturated heterocycles. The van der Waals surface area contributed by atoms with Gasteiger partial charge in [0, 0.05) is 19.4 Å². The zero-order chi connectivity index (χ0) is 22.7. The van der Waals surface area contributed by atoms with Gasteiger partial charge in [-0.2, -0.15) is 0 Å². The number of ether oxygens (including phenoxy) is 3. The van der Waals surface area contributed by atoms with Crippen molar-refractivity contribution >= 4 is 11.8 Å². The van der Waals surface area contributed by atoms with Crippen molar-refractivity contribution in [2.75, 3.05) is 26.4 Å². The Morgan fingerprint density at radius 3 is 2.42 bits per heavy atom. The minimum Gasteiger partial charge on any atom is -0.463 e. The molecule has 0 N–H and O–H groups in total. The average Bonchev–Trinajstić information content (AvgIpc) is 3.07. The normalized spacial score (nSPS) is 14.4. The van der Waals surface area contributed by atoms with Gasteiger partial charge in [0.15, 0.2) is 5.78 Å². The number of ketones is 1. The minimum absolute atomic E-state index is 0.0568. The molecule has 0 bridgehead atoms. The van der Waals surface area contributed by atoms with E-state index in [0.29, 0.717) is 39.1 Å². The highest BCUT2D eigenvalue weighted by Gasteiger charge is 2.21. The molecule has 0 aliphatic heterocycles. The summed E-state index contributed by atoms with van der Waals surface area (Å²) >= 11 is 0. The summed E-state index contributed by atoms with van der Waals surface area (Å²) in [6.45, 7) is 8.67. The molecule has 0 fully saturated rings. The molecule has 1 aliphatic carbocycles. The van der Waals surface area contributed by atoms with Gasteiger partial charge >= 0.3 is 5.97 Å². The van der Waals surface area contributed by atoms with E-state index in [1.54, 1.807) is 0 Å². The Hall–Kier alpha value is -1.46. The Kier molecular flexibility index (Phi) is 16.1. The molecule has 0 aromatic carbocycles. The molecule has 0 aromatic heterocycles. The Labute approximate surface area is 189 Å². The van der Waals surface area contributed by atoms with E-state index in [9.17, 15) is 9.59 Å². The maximum Gasteiger partial charge on any atom is 0.306 e. The van der Waals surface area contributed by atoms with Crippen molar-refractivity contribution in [3.05, 3.63) is 23.3 Å². The van der Waals surface area contributed by atoms with Crippen LogP contribution in [0, 0.1) is 0 Å². The van der Waals surface area contributed by atoms with Crippen molar-refractivity contribution in [3.8, 4) is 0 Å². The molecule has 1 aliphatic rings. The van der Waals surface area contributed by atoms with Gasteiger partial charge in [0.05, 0.1) is 25.9 Å². The van der Waals surface area contributed by atoms with Crippen LogP contribution in [-0.2, 0) is 23.8 Å². The van der Waals surface area contributed by atoms with Gasteiger partial charge in [-0.05, 0) is 57.9 Å². The Morgan fingerprint density at radius 2 is 1.68 bits per heavy atom. The zero-order valence-corrected chi connectivity index (χ0v) is 20.1. The number of allylic oxidation sites excluding steroid dienone is 3. The molecular weight excluding hydrogens is 392 g/mol. The van der Waals surface area contributed by atoms with E-state index in [4.69, 9.17) is 14.2 Å². The van der Waals surface area contributed by atoms with Crippen molar-refractivity contribution in [1.82, 2.24) is 0 Å². The third-order valence-electron chi connectivity index (χ3n) is 5.34. The topological polar surface area (TPSA) is 61.8 Å². The first-order valence-corrected chi connectivity index (χ1v) is 12.3. The van der Waals surface area contributed by atoms with Crippen LogP contribution in [0.15, 0.2) is 23.3 Å². The van der Waals surface area contributed by atoms with E-state index in [2.05, 4.69) is 19.1 Å². The van der Waals surface area contributed by atoms with E-state index in [-0.39, 0.29) is 17.9 Å². The van der Waals surface area contributed by atoms with Crippen molar-refractivity contribution in [1.29, 1.82) is 0 Å². The highest BCUT2D eigenvalue weighted by Crippen LogP contribution is 2.28. The zero-order valence-electron chi connectivity index (χ0n) is 20.1. The molecule has 5 nitrogen and oxygen atoms in total. The smallest absolute Gasteiger partial charge is 0.306 e. The fourth-order valence-corrected chi connectivity index (χ4v) is 3.63. The molecule has 0 radical (unpaired) electrons. The summed E-state index contributed by atoms with van der Waals surface area (Å²) in [5.41, 5.74) is 2.20. The van der Waals surface area contributed by atoms with Crippen LogP contribution in [0.25, 0.3) is 0 Å². The van der Waals surface area contributed by atoms with Gasteiger partial charge < -0.3 is 14.2 Å². The van der Waals surface area contributed by atoms with E-state index >= 15 is 0 Å². The highest BCUT2D eigenvalue weighted by atomic mass is 16.5. The van der Waals surface area contributed by atoms with Gasteiger partial charge in [-0.25, -0.2) is 0 Å². The predicted molar refractivity (Wildman–Crippen MR) is 125 cm³/mol. The van der Waals surface area contributed by atoms with Crippen LogP contribution in [-0.4, -0.2) is 44.3 Å². The monoisotopic (exact) mass is 436 g/mol. The van der Waals surface area contributed by atoms with E-state index < -0.39 is 0 Å². The number of rotatable bonds is 19. The van der Waals surface area contributed by atoms with Gasteiger partial charge in [-0.15, -0.1) is 0 Å². The second kappa shape index (κ2) is 18.1. The lowest BCUT2D eigenvalue weighted by molar-refractivity contribution is -0.147. The number of unbranched alkanes of at least 4 members (excludes halogenated alkanes) is 5. The molecule has 31 heavy (non-hydrogen) atoms. The fraction of sp³-hybridized carbons (Fsp3) is 0.769. The number of Topliss-reactive ketones (excluding diaryl/α,β-unsaturated/α-hetero) is 1. The number of esters is 1. The molecular formula is C26H44O5. The fourth-order valence-electron chi connectivity index (χ4n) is 3.63. The van der Waals surface area contributed by atoms with Crippen LogP contribution in [0.4, 0.5) is 0 Å². The summed E-state index contributed by atoms with van der Waals surface area (Å²) in [6.07, 6.45) is 15.4. The van der Waals surface area contributed by atoms with Gasteiger partial charge in [0.25, 0.3) is 0 Å². The van der Waals surface area contributed by atoms with Gasteiger partial charge in [0.2, 0.25) is 0 Å². The van der Waals surface area contributed by atoms with Gasteiger partial charge in [-0.1, -0.05) is 50.3 Å². The lowest BCUT2D eigenvalue weighted by Gasteiger charge is -2.08. The SMILES string of the molecule is CCCCCCCOCCOCCC1=C(CC=CCCCC(=O)OC(C)C)C(=O)CC1. The first kappa shape index (κ1) is 27.6. The van der Waals surface area contributed by atoms with Crippen molar-refractivity contribution < 1.29 is 23.8 Å². The molecule has 0 atom stereocenters. The molecule has 0 spiro atoms. The second-order valence-corrected chi connectivity index (χ2v) is 8.50. The molecule has 0 heterocycles. The number of carbonyl (C=O) groups excluding carboxylic acids is 2. The van der Waals surface area contributed by atoms with Crippen LogP contribution in [0.2, 0.25) is 0 Å². The van der Waals surface area contributed by atoms with Crippen molar-refractivity contribution in [3.63, 3.8) is 0 Å². The summed E-state index contributed by atoms with van der Waals surface area (Å²) in [6, 6.07) is 0. The molecule has 178 valence electrons. The maximum absolute atomic E-state index is 12.2. The molecule has 5 heteroatoms. The van der Waals surface area contributed by atoms with Crippen LogP contribution in [0.1, 0.15) is 97.8 Å². The Morgan fingerprint density at radius 1 is 0.935 bits per heavy atom. The number of hydrogen-bond acceptors (Lipinski definition) is 5. The lowest BCUT2D eigenvalue weighted by atomic mass is 10.0. The van der Waals surface area contributed by atoms with E-state index in [1.807, 2.05) is 13.8 Å². The number of carbonyl (C=O) groups is 2. The summed E-state index contributed by atoms with van der Waals surface area (Å²) in [5.74, 6) is 0.128. The first-order valence-electron chi connectivity index (χ1n) is 12.3.